The Hall–Kier alpha value is -1.07. The predicted octanol–water partition coefficient (Wildman–Crippen LogP) is 2.32. The van der Waals surface area contributed by atoms with Gasteiger partial charge in [-0.3, -0.25) is 0 Å². The number of hydrogen-bond acceptors (Lipinski definition) is 4. The molecule has 0 aromatic carbocycles. The van der Waals surface area contributed by atoms with Gasteiger partial charge in [-0.25, -0.2) is 4.79 Å². The molecule has 0 heterocycles. The lowest BCUT2D eigenvalue weighted by atomic mass is 10.1. The summed E-state index contributed by atoms with van der Waals surface area (Å²) in [5.41, 5.74) is 6.85. The van der Waals surface area contributed by atoms with Crippen LogP contribution in [0, 0.1) is 0 Å². The maximum Gasteiger partial charge on any atom is 0.407 e. The van der Waals surface area contributed by atoms with Gasteiger partial charge < -0.3 is 21.1 Å². The first kappa shape index (κ1) is 18.0. The summed E-state index contributed by atoms with van der Waals surface area (Å²) in [6.07, 6.45) is 6.73. The van der Waals surface area contributed by atoms with E-state index >= 15 is 0 Å². The Kier molecular flexibility index (Phi) is 7.18. The Morgan fingerprint density at radius 3 is 2.71 bits per heavy atom. The molecule has 0 fully saturated rings. The highest BCUT2D eigenvalue weighted by atomic mass is 16.6. The Bertz CT molecular complexity index is 361. The molecule has 2 atom stereocenters. The Labute approximate surface area is 128 Å². The van der Waals surface area contributed by atoms with Gasteiger partial charge in [0.2, 0.25) is 0 Å². The molecule has 0 spiro atoms. The highest BCUT2D eigenvalue weighted by Crippen LogP contribution is 2.19. The standard InChI is InChI=1S/C16H31N3O2/c1-12(19-15(20)21-16(2,3)4)14(11-17)18-10-9-13-7-5-6-8-13/h7,12,14,18H,5-6,8-11,17H2,1-4H3,(H,19,20). The number of alkyl carbamates (subject to hydrolysis) is 1. The number of allylic oxidation sites excluding steroid dienone is 1. The maximum atomic E-state index is 11.8. The predicted molar refractivity (Wildman–Crippen MR) is 86.2 cm³/mol. The summed E-state index contributed by atoms with van der Waals surface area (Å²) in [6.45, 7) is 8.88. The van der Waals surface area contributed by atoms with Gasteiger partial charge in [0.25, 0.3) is 0 Å². The van der Waals surface area contributed by atoms with Crippen LogP contribution < -0.4 is 16.4 Å². The van der Waals surface area contributed by atoms with Crippen molar-refractivity contribution in [3.8, 4) is 0 Å². The molecule has 0 aliphatic heterocycles. The summed E-state index contributed by atoms with van der Waals surface area (Å²) in [7, 11) is 0. The lowest BCUT2D eigenvalue weighted by molar-refractivity contribution is 0.0498. The van der Waals surface area contributed by atoms with Gasteiger partial charge in [-0.1, -0.05) is 11.6 Å². The van der Waals surface area contributed by atoms with Gasteiger partial charge in [-0.2, -0.15) is 0 Å². The molecular weight excluding hydrogens is 266 g/mol. The van der Waals surface area contributed by atoms with Crippen LogP contribution in [0.3, 0.4) is 0 Å². The van der Waals surface area contributed by atoms with E-state index in [1.165, 1.54) is 24.8 Å². The van der Waals surface area contributed by atoms with Crippen LogP contribution in [0.1, 0.15) is 53.4 Å². The molecule has 0 radical (unpaired) electrons. The summed E-state index contributed by atoms with van der Waals surface area (Å²) in [5.74, 6) is 0. The molecule has 5 heteroatoms. The van der Waals surface area contributed by atoms with E-state index in [0.29, 0.717) is 6.54 Å². The number of nitrogens with one attached hydrogen (secondary N) is 2. The first-order valence-corrected chi connectivity index (χ1v) is 7.92. The van der Waals surface area contributed by atoms with E-state index < -0.39 is 11.7 Å². The van der Waals surface area contributed by atoms with Crippen molar-refractivity contribution in [2.75, 3.05) is 13.1 Å². The van der Waals surface area contributed by atoms with Gasteiger partial charge in [-0.05, 0) is 59.9 Å². The molecule has 2 unspecified atom stereocenters. The molecule has 0 bridgehead atoms. The fourth-order valence-corrected chi connectivity index (χ4v) is 2.44. The second kappa shape index (κ2) is 8.39. The number of carbonyl (C=O) groups excluding carboxylic acids is 1. The molecule has 0 aromatic heterocycles. The lowest BCUT2D eigenvalue weighted by Gasteiger charge is -2.27. The number of nitrogens with two attached hydrogens (primary N) is 1. The van der Waals surface area contributed by atoms with Gasteiger partial charge >= 0.3 is 6.09 Å². The molecule has 0 aromatic rings. The fraction of sp³-hybridized carbons (Fsp3) is 0.812. The van der Waals surface area contributed by atoms with E-state index in [1.54, 1.807) is 0 Å². The molecule has 0 saturated carbocycles. The third-order valence-electron chi connectivity index (χ3n) is 3.59. The molecule has 21 heavy (non-hydrogen) atoms. The van der Waals surface area contributed by atoms with E-state index in [0.717, 1.165) is 13.0 Å². The van der Waals surface area contributed by atoms with Crippen LogP contribution in [0.2, 0.25) is 0 Å². The van der Waals surface area contributed by atoms with Gasteiger partial charge in [0.05, 0.1) is 0 Å². The van der Waals surface area contributed by atoms with Gasteiger partial charge in [0.1, 0.15) is 5.60 Å². The van der Waals surface area contributed by atoms with E-state index in [4.69, 9.17) is 10.5 Å². The Morgan fingerprint density at radius 1 is 1.48 bits per heavy atom. The fourth-order valence-electron chi connectivity index (χ4n) is 2.44. The Balaban J connectivity index is 2.31. The van der Waals surface area contributed by atoms with Crippen LogP contribution in [-0.2, 0) is 4.74 Å². The maximum absolute atomic E-state index is 11.8. The van der Waals surface area contributed by atoms with Crippen LogP contribution in [0.15, 0.2) is 11.6 Å². The van der Waals surface area contributed by atoms with E-state index in [-0.39, 0.29) is 12.1 Å². The number of rotatable bonds is 7. The molecule has 4 N–H and O–H groups in total. The van der Waals surface area contributed by atoms with Crippen molar-refractivity contribution in [1.82, 2.24) is 10.6 Å². The molecule has 1 rings (SSSR count). The summed E-state index contributed by atoms with van der Waals surface area (Å²) >= 11 is 0. The number of carbonyl (C=O) groups is 1. The molecule has 1 aliphatic carbocycles. The van der Waals surface area contributed by atoms with Crippen molar-refractivity contribution in [2.45, 2.75) is 71.1 Å². The van der Waals surface area contributed by atoms with Crippen LogP contribution in [0.25, 0.3) is 0 Å². The van der Waals surface area contributed by atoms with Crippen LogP contribution in [0.4, 0.5) is 4.79 Å². The first-order valence-electron chi connectivity index (χ1n) is 7.92. The van der Waals surface area contributed by atoms with Crippen molar-refractivity contribution in [3.63, 3.8) is 0 Å². The average molecular weight is 297 g/mol. The third kappa shape index (κ3) is 7.48. The van der Waals surface area contributed by atoms with Gasteiger partial charge in [0, 0.05) is 18.6 Å². The topological polar surface area (TPSA) is 76.4 Å². The lowest BCUT2D eigenvalue weighted by Crippen LogP contribution is -2.53. The molecule has 1 amide bonds. The molecule has 0 saturated heterocycles. The highest BCUT2D eigenvalue weighted by molar-refractivity contribution is 5.68. The highest BCUT2D eigenvalue weighted by Gasteiger charge is 2.21. The van der Waals surface area contributed by atoms with Crippen LogP contribution in [0.5, 0.6) is 0 Å². The van der Waals surface area contributed by atoms with Crippen LogP contribution in [-0.4, -0.2) is 36.9 Å². The Morgan fingerprint density at radius 2 is 2.19 bits per heavy atom. The van der Waals surface area contributed by atoms with Gasteiger partial charge in [-0.15, -0.1) is 0 Å². The molecular formula is C16H31N3O2. The summed E-state index contributed by atoms with van der Waals surface area (Å²) in [4.78, 5) is 11.8. The second-order valence-corrected chi connectivity index (χ2v) is 6.74. The number of ether oxygens (including phenoxy) is 1. The molecule has 5 nitrogen and oxygen atoms in total. The number of amides is 1. The molecule has 122 valence electrons. The summed E-state index contributed by atoms with van der Waals surface area (Å²) < 4.78 is 5.26. The van der Waals surface area contributed by atoms with E-state index in [9.17, 15) is 4.79 Å². The van der Waals surface area contributed by atoms with Gasteiger partial charge in [0.15, 0.2) is 0 Å². The SMILES string of the molecule is CC(NC(=O)OC(C)(C)C)C(CN)NCCC1=CCCC1. The average Bonchev–Trinajstić information content (AvgIpc) is 2.84. The van der Waals surface area contributed by atoms with Crippen molar-refractivity contribution >= 4 is 6.09 Å². The van der Waals surface area contributed by atoms with Crippen molar-refractivity contribution in [2.24, 2.45) is 5.73 Å². The largest absolute Gasteiger partial charge is 0.444 e. The second-order valence-electron chi connectivity index (χ2n) is 6.74. The molecule has 1 aliphatic rings. The van der Waals surface area contributed by atoms with E-state index in [2.05, 4.69) is 16.7 Å². The van der Waals surface area contributed by atoms with E-state index in [1.807, 2.05) is 27.7 Å². The van der Waals surface area contributed by atoms with Crippen molar-refractivity contribution < 1.29 is 9.53 Å². The third-order valence-corrected chi connectivity index (χ3v) is 3.59. The minimum Gasteiger partial charge on any atom is -0.444 e. The number of hydrogen-bond donors (Lipinski definition) is 3. The smallest absolute Gasteiger partial charge is 0.407 e. The minimum atomic E-state index is -0.482. The summed E-state index contributed by atoms with van der Waals surface area (Å²) in [6, 6.07) is -0.0121. The normalized spacial score (nSPS) is 18.0. The summed E-state index contributed by atoms with van der Waals surface area (Å²) in [5, 5.41) is 6.28. The zero-order valence-electron chi connectivity index (χ0n) is 13.9. The first-order chi connectivity index (χ1) is 9.81. The zero-order chi connectivity index (χ0) is 15.9. The quantitative estimate of drug-likeness (QED) is 0.630. The van der Waals surface area contributed by atoms with Crippen LogP contribution >= 0.6 is 0 Å². The monoisotopic (exact) mass is 297 g/mol. The van der Waals surface area contributed by atoms with Crippen molar-refractivity contribution in [3.05, 3.63) is 11.6 Å². The van der Waals surface area contributed by atoms with Crippen molar-refractivity contribution in [1.29, 1.82) is 0 Å². The minimum absolute atomic E-state index is 0.0551. The zero-order valence-corrected chi connectivity index (χ0v) is 13.9.